The van der Waals surface area contributed by atoms with Gasteiger partial charge in [0.05, 0.1) is 41.0 Å². The third kappa shape index (κ3) is 5.24. The van der Waals surface area contributed by atoms with Crippen LogP contribution < -0.4 is 4.90 Å². The lowest BCUT2D eigenvalue weighted by molar-refractivity contribution is -0.0779. The van der Waals surface area contributed by atoms with Gasteiger partial charge in [-0.3, -0.25) is 10.00 Å². The van der Waals surface area contributed by atoms with Crippen molar-refractivity contribution in [1.82, 2.24) is 29.8 Å². The number of anilines is 1. The average Bonchev–Trinajstić information content (AvgIpc) is 3.53. The molecule has 11 heteroatoms. The summed E-state index contributed by atoms with van der Waals surface area (Å²) >= 11 is 13.8. The van der Waals surface area contributed by atoms with Gasteiger partial charge in [0.25, 0.3) is 0 Å². The van der Waals surface area contributed by atoms with E-state index >= 15 is 0 Å². The van der Waals surface area contributed by atoms with Crippen molar-refractivity contribution in [2.24, 2.45) is 5.92 Å². The highest BCUT2D eigenvalue weighted by atomic mass is 35.5. The van der Waals surface area contributed by atoms with Gasteiger partial charge in [-0.15, -0.1) is 0 Å². The van der Waals surface area contributed by atoms with Crippen molar-refractivity contribution in [1.29, 1.82) is 0 Å². The Balaban J connectivity index is 1.13. The molecule has 4 saturated heterocycles. The van der Waals surface area contributed by atoms with E-state index in [2.05, 4.69) is 40.6 Å². The van der Waals surface area contributed by atoms with Crippen LogP contribution in [0.2, 0.25) is 10.0 Å². The summed E-state index contributed by atoms with van der Waals surface area (Å²) in [7, 11) is 0. The summed E-state index contributed by atoms with van der Waals surface area (Å²) in [5.74, 6) is 1.60. The fourth-order valence-corrected chi connectivity index (χ4v) is 8.07. The molecule has 2 aromatic heterocycles. The molecular formula is C31H43Cl2N7O2. The lowest BCUT2D eigenvalue weighted by atomic mass is 9.81. The summed E-state index contributed by atoms with van der Waals surface area (Å²) in [4.78, 5) is 7.76. The number of piperazine rings is 1. The molecule has 42 heavy (non-hydrogen) atoms. The molecule has 1 unspecified atom stereocenters. The van der Waals surface area contributed by atoms with Crippen LogP contribution in [0, 0.1) is 12.8 Å². The summed E-state index contributed by atoms with van der Waals surface area (Å²) in [6, 6.07) is 2.57. The molecule has 4 aliphatic heterocycles. The number of piperidine rings is 1. The van der Waals surface area contributed by atoms with Crippen molar-refractivity contribution in [3.8, 4) is 11.1 Å². The maximum Gasteiger partial charge on any atom is 0.159 e. The number of rotatable bonds is 6. The molecular weight excluding hydrogens is 573 g/mol. The van der Waals surface area contributed by atoms with Crippen LogP contribution in [0.3, 0.4) is 0 Å². The van der Waals surface area contributed by atoms with Gasteiger partial charge in [-0.25, -0.2) is 4.68 Å². The molecule has 0 radical (unpaired) electrons. The first kappa shape index (κ1) is 28.9. The molecule has 2 atom stereocenters. The van der Waals surface area contributed by atoms with Crippen LogP contribution in [-0.2, 0) is 9.47 Å². The number of ether oxygens (including phenoxy) is 2. The summed E-state index contributed by atoms with van der Waals surface area (Å²) in [5.41, 5.74) is 3.77. The number of aromatic nitrogens is 4. The predicted octanol–water partition coefficient (Wildman–Crippen LogP) is 5.75. The van der Waals surface area contributed by atoms with E-state index in [9.17, 15) is 0 Å². The third-order valence-corrected chi connectivity index (χ3v) is 10.8. The van der Waals surface area contributed by atoms with Crippen LogP contribution >= 0.6 is 23.2 Å². The van der Waals surface area contributed by atoms with Gasteiger partial charge >= 0.3 is 0 Å². The Kier molecular flexibility index (Phi) is 7.95. The van der Waals surface area contributed by atoms with Gasteiger partial charge in [-0.05, 0) is 64.9 Å². The second kappa shape index (κ2) is 11.6. The third-order valence-electron chi connectivity index (χ3n) is 10.00. The Bertz CT molecular complexity index is 1420. The zero-order chi connectivity index (χ0) is 29.0. The number of fused-ring (bicyclic) bond motifs is 1. The van der Waals surface area contributed by atoms with Crippen LogP contribution in [0.1, 0.15) is 57.9 Å². The largest absolute Gasteiger partial charge is 0.378 e. The molecule has 0 spiro atoms. The van der Waals surface area contributed by atoms with E-state index in [4.69, 9.17) is 42.9 Å². The van der Waals surface area contributed by atoms with Crippen molar-refractivity contribution in [3.63, 3.8) is 0 Å². The minimum absolute atomic E-state index is 0.0608. The highest BCUT2D eigenvalue weighted by Gasteiger charge is 2.39. The molecule has 1 aromatic carbocycles. The molecule has 4 aliphatic rings. The van der Waals surface area contributed by atoms with Gasteiger partial charge in [-0.2, -0.15) is 10.2 Å². The highest BCUT2D eigenvalue weighted by Crippen LogP contribution is 2.47. The van der Waals surface area contributed by atoms with E-state index in [0.717, 1.165) is 118 Å². The Hall–Kier alpha value is -1.88. The maximum absolute atomic E-state index is 7.01. The van der Waals surface area contributed by atoms with Crippen LogP contribution in [0.25, 0.3) is 22.0 Å². The van der Waals surface area contributed by atoms with Crippen LogP contribution in [0.15, 0.2) is 12.3 Å². The zero-order valence-electron chi connectivity index (χ0n) is 25.0. The predicted molar refractivity (Wildman–Crippen MR) is 168 cm³/mol. The minimum atomic E-state index is -0.0839. The highest BCUT2D eigenvalue weighted by molar-refractivity contribution is 6.45. The Morgan fingerprint density at radius 1 is 1.05 bits per heavy atom. The topological polar surface area (TPSA) is 74.7 Å². The first-order chi connectivity index (χ1) is 20.3. The van der Waals surface area contributed by atoms with Gasteiger partial charge in [0.15, 0.2) is 12.0 Å². The van der Waals surface area contributed by atoms with Gasteiger partial charge in [-0.1, -0.05) is 23.2 Å². The summed E-state index contributed by atoms with van der Waals surface area (Å²) in [6.45, 7) is 16.1. The van der Waals surface area contributed by atoms with Gasteiger partial charge in [0.1, 0.15) is 0 Å². The monoisotopic (exact) mass is 615 g/mol. The smallest absolute Gasteiger partial charge is 0.159 e. The number of hydrogen-bond donors (Lipinski definition) is 1. The number of aryl methyl sites for hydroxylation is 1. The molecule has 6 heterocycles. The summed E-state index contributed by atoms with van der Waals surface area (Å²) < 4.78 is 13.5. The Morgan fingerprint density at radius 3 is 2.55 bits per heavy atom. The van der Waals surface area contributed by atoms with Crippen molar-refractivity contribution in [2.45, 2.75) is 70.7 Å². The molecule has 4 fully saturated rings. The van der Waals surface area contributed by atoms with Crippen molar-refractivity contribution in [2.75, 3.05) is 64.0 Å². The van der Waals surface area contributed by atoms with E-state index in [1.165, 1.54) is 6.54 Å². The lowest BCUT2D eigenvalue weighted by Crippen LogP contribution is -2.58. The second-order valence-corrected chi connectivity index (χ2v) is 14.1. The standard InChI is InChI=1S/C31H43Cl2N7O2/c1-20-27(28-23-16-34-40(26-6-4-5-13-42-26)25(23)14-24(32)29(28)33)30(36-35-20)39-8-7-21(15-31(39,2)3)17-37-9-11-38(12-10-37)22-18-41-19-22/h14,16,21-22,26H,4-13,15,17-19H2,1-3H3,(H,35,36)/t21-,26?/m1/s1. The van der Waals surface area contributed by atoms with Crippen molar-refractivity contribution < 1.29 is 9.47 Å². The quantitative estimate of drug-likeness (QED) is 0.378. The molecule has 228 valence electrons. The molecule has 1 N–H and O–H groups in total. The fourth-order valence-electron chi connectivity index (χ4n) is 7.62. The SMILES string of the molecule is Cc1[nH]nc(N2CC[C@@H](CN3CCN(C4COC4)CC3)CC2(C)C)c1-c1c(Cl)c(Cl)cc2c1cnn2C1CCCCO1. The van der Waals surface area contributed by atoms with E-state index in [0.29, 0.717) is 22.0 Å². The first-order valence-electron chi connectivity index (χ1n) is 15.6. The second-order valence-electron chi connectivity index (χ2n) is 13.3. The van der Waals surface area contributed by atoms with Gasteiger partial charge in [0.2, 0.25) is 0 Å². The van der Waals surface area contributed by atoms with E-state index in [1.54, 1.807) is 0 Å². The van der Waals surface area contributed by atoms with E-state index < -0.39 is 0 Å². The number of benzene rings is 1. The number of aromatic amines is 1. The maximum atomic E-state index is 7.01. The summed E-state index contributed by atoms with van der Waals surface area (Å²) in [6.07, 6.45) is 7.24. The number of nitrogens with zero attached hydrogens (tertiary/aromatic N) is 6. The molecule has 7 rings (SSSR count). The number of H-pyrrole nitrogens is 1. The number of nitrogens with one attached hydrogen (secondary N) is 1. The van der Waals surface area contributed by atoms with Crippen LogP contribution in [-0.4, -0.2) is 100 Å². The first-order valence-corrected chi connectivity index (χ1v) is 16.4. The molecule has 0 aliphatic carbocycles. The minimum Gasteiger partial charge on any atom is -0.378 e. The Morgan fingerprint density at radius 2 is 1.86 bits per heavy atom. The van der Waals surface area contributed by atoms with E-state index in [1.807, 2.05) is 16.9 Å². The zero-order valence-corrected chi connectivity index (χ0v) is 26.6. The molecule has 0 amide bonds. The molecule has 0 saturated carbocycles. The molecule has 0 bridgehead atoms. The molecule has 3 aromatic rings. The average molecular weight is 617 g/mol. The lowest BCUT2D eigenvalue weighted by Gasteiger charge is -2.48. The number of halogens is 2. The fraction of sp³-hybridized carbons (Fsp3) is 0.677. The molecule has 9 nitrogen and oxygen atoms in total. The number of hydrogen-bond acceptors (Lipinski definition) is 7. The Labute approximate surface area is 258 Å². The summed E-state index contributed by atoms with van der Waals surface area (Å²) in [5, 5.41) is 15.0. The van der Waals surface area contributed by atoms with Crippen LogP contribution in [0.4, 0.5) is 5.82 Å². The normalized spacial score (nSPS) is 26.2. The van der Waals surface area contributed by atoms with Gasteiger partial charge < -0.3 is 19.3 Å². The van der Waals surface area contributed by atoms with Crippen LogP contribution in [0.5, 0.6) is 0 Å². The van der Waals surface area contributed by atoms with Gasteiger partial charge in [0, 0.05) is 73.6 Å². The van der Waals surface area contributed by atoms with Crippen molar-refractivity contribution >= 4 is 39.9 Å². The van der Waals surface area contributed by atoms with E-state index in [-0.39, 0.29) is 11.8 Å². The van der Waals surface area contributed by atoms with Crippen molar-refractivity contribution in [3.05, 3.63) is 28.0 Å².